The van der Waals surface area contributed by atoms with Crippen LogP contribution < -0.4 is 10.3 Å². The quantitative estimate of drug-likeness (QED) is 0.439. The Bertz CT molecular complexity index is 721. The minimum absolute atomic E-state index is 0.346. The second-order valence-electron chi connectivity index (χ2n) is 5.29. The summed E-state index contributed by atoms with van der Waals surface area (Å²) in [6.45, 7) is 10.2. The van der Waals surface area contributed by atoms with Crippen LogP contribution >= 0.6 is 11.3 Å². The number of aryl methyl sites for hydroxylation is 1. The third-order valence-corrected chi connectivity index (χ3v) is 4.70. The molecule has 6 nitrogen and oxygen atoms in total. The highest BCUT2D eigenvalue weighted by Crippen LogP contribution is 2.23. The van der Waals surface area contributed by atoms with Crippen molar-refractivity contribution >= 4 is 34.3 Å². The maximum atomic E-state index is 11.8. The molecule has 0 aliphatic heterocycles. The number of rotatable bonds is 8. The summed E-state index contributed by atoms with van der Waals surface area (Å²) in [7, 11) is 0. The molecule has 0 saturated carbocycles. The number of anilines is 2. The van der Waals surface area contributed by atoms with Gasteiger partial charge in [0.25, 0.3) is 0 Å². The van der Waals surface area contributed by atoms with Crippen molar-refractivity contribution in [1.29, 1.82) is 0 Å². The standard InChI is InChI=1S/C18H24N4O2S/c1-5-22(6-2)15-10-8-14(9-11-15)12-19-21-18-20-13(4)16(25-18)17(23)24-7-3/h8-12H,5-7H2,1-4H3,(H,20,21)/b19-12+. The summed E-state index contributed by atoms with van der Waals surface area (Å²) in [5.41, 5.74) is 5.70. The van der Waals surface area contributed by atoms with Crippen molar-refractivity contribution in [1.82, 2.24) is 4.98 Å². The number of ether oxygens (including phenoxy) is 1. The summed E-state index contributed by atoms with van der Waals surface area (Å²) in [4.78, 5) is 18.9. The first-order chi connectivity index (χ1) is 12.1. The Balaban J connectivity index is 1.99. The van der Waals surface area contributed by atoms with E-state index in [1.165, 1.54) is 17.0 Å². The molecule has 0 unspecified atom stereocenters. The zero-order valence-electron chi connectivity index (χ0n) is 15.1. The van der Waals surface area contributed by atoms with Crippen molar-refractivity contribution in [2.45, 2.75) is 27.7 Å². The van der Waals surface area contributed by atoms with Crippen LogP contribution in [-0.2, 0) is 4.74 Å². The van der Waals surface area contributed by atoms with E-state index in [9.17, 15) is 4.79 Å². The fourth-order valence-electron chi connectivity index (χ4n) is 2.35. The van der Waals surface area contributed by atoms with Crippen LogP contribution in [0.25, 0.3) is 0 Å². The number of benzene rings is 1. The number of nitrogens with zero attached hydrogens (tertiary/aromatic N) is 3. The first-order valence-corrected chi connectivity index (χ1v) is 9.19. The number of esters is 1. The summed E-state index contributed by atoms with van der Waals surface area (Å²) in [5, 5.41) is 4.76. The van der Waals surface area contributed by atoms with Crippen molar-refractivity contribution in [3.63, 3.8) is 0 Å². The number of carbonyl (C=O) groups is 1. The molecule has 0 bridgehead atoms. The Morgan fingerprint density at radius 1 is 1.28 bits per heavy atom. The lowest BCUT2D eigenvalue weighted by Crippen LogP contribution is -2.21. The van der Waals surface area contributed by atoms with E-state index >= 15 is 0 Å². The van der Waals surface area contributed by atoms with Gasteiger partial charge in [-0.3, -0.25) is 5.43 Å². The summed E-state index contributed by atoms with van der Waals surface area (Å²) >= 11 is 1.24. The first kappa shape index (κ1) is 18.9. The third kappa shape index (κ3) is 5.03. The van der Waals surface area contributed by atoms with Gasteiger partial charge in [-0.05, 0) is 45.4 Å². The summed E-state index contributed by atoms with van der Waals surface area (Å²) < 4.78 is 5.01. The van der Waals surface area contributed by atoms with Gasteiger partial charge in [-0.25, -0.2) is 9.78 Å². The summed E-state index contributed by atoms with van der Waals surface area (Å²) in [6.07, 6.45) is 1.73. The topological polar surface area (TPSA) is 66.8 Å². The molecule has 134 valence electrons. The lowest BCUT2D eigenvalue weighted by molar-refractivity contribution is 0.0531. The van der Waals surface area contributed by atoms with E-state index in [0.717, 1.165) is 18.7 Å². The van der Waals surface area contributed by atoms with E-state index in [1.807, 2.05) is 12.1 Å². The lowest BCUT2D eigenvalue weighted by atomic mass is 10.2. The Hall–Kier alpha value is -2.41. The van der Waals surface area contributed by atoms with Crippen LogP contribution in [0.15, 0.2) is 29.4 Å². The number of nitrogens with one attached hydrogen (secondary N) is 1. The van der Waals surface area contributed by atoms with E-state index in [2.05, 4.69) is 46.4 Å². The van der Waals surface area contributed by atoms with E-state index in [0.29, 0.717) is 22.3 Å². The highest BCUT2D eigenvalue weighted by molar-refractivity contribution is 7.17. The van der Waals surface area contributed by atoms with Gasteiger partial charge in [0, 0.05) is 18.8 Å². The van der Waals surface area contributed by atoms with Crippen LogP contribution in [0.5, 0.6) is 0 Å². The average Bonchev–Trinajstić information content (AvgIpc) is 2.98. The Labute approximate surface area is 152 Å². The Kier molecular flexibility index (Phi) is 6.94. The van der Waals surface area contributed by atoms with Crippen LogP contribution in [0.3, 0.4) is 0 Å². The molecule has 0 fully saturated rings. The van der Waals surface area contributed by atoms with E-state index in [1.54, 1.807) is 20.1 Å². The lowest BCUT2D eigenvalue weighted by Gasteiger charge is -2.20. The van der Waals surface area contributed by atoms with Gasteiger partial charge in [0.1, 0.15) is 4.88 Å². The second-order valence-corrected chi connectivity index (χ2v) is 6.29. The van der Waals surface area contributed by atoms with Crippen molar-refractivity contribution in [3.05, 3.63) is 40.4 Å². The number of aromatic nitrogens is 1. The van der Waals surface area contributed by atoms with Gasteiger partial charge in [0.15, 0.2) is 0 Å². The van der Waals surface area contributed by atoms with Crippen LogP contribution in [0, 0.1) is 6.92 Å². The summed E-state index contributed by atoms with van der Waals surface area (Å²) in [5.74, 6) is -0.346. The number of hydrazone groups is 1. The molecule has 0 amide bonds. The van der Waals surface area contributed by atoms with Crippen LogP contribution in [0.4, 0.5) is 10.8 Å². The highest BCUT2D eigenvalue weighted by atomic mass is 32.1. The Morgan fingerprint density at radius 3 is 2.56 bits per heavy atom. The minimum atomic E-state index is -0.346. The predicted molar refractivity (Wildman–Crippen MR) is 104 cm³/mol. The van der Waals surface area contributed by atoms with Crippen molar-refractivity contribution in [2.24, 2.45) is 5.10 Å². The van der Waals surface area contributed by atoms with Gasteiger partial charge >= 0.3 is 5.97 Å². The maximum Gasteiger partial charge on any atom is 0.350 e. The molecule has 0 radical (unpaired) electrons. The highest BCUT2D eigenvalue weighted by Gasteiger charge is 2.15. The fraction of sp³-hybridized carbons (Fsp3) is 0.389. The molecule has 0 saturated heterocycles. The van der Waals surface area contributed by atoms with Gasteiger partial charge < -0.3 is 9.64 Å². The van der Waals surface area contributed by atoms with Gasteiger partial charge in [0.2, 0.25) is 5.13 Å². The molecular weight excluding hydrogens is 336 g/mol. The van der Waals surface area contributed by atoms with Gasteiger partial charge in [-0.1, -0.05) is 23.5 Å². The average molecular weight is 360 g/mol. The molecule has 1 N–H and O–H groups in total. The van der Waals surface area contributed by atoms with E-state index in [4.69, 9.17) is 4.74 Å². The number of hydrogen-bond acceptors (Lipinski definition) is 7. The molecule has 1 heterocycles. The van der Waals surface area contributed by atoms with Gasteiger partial charge in [-0.2, -0.15) is 5.10 Å². The summed E-state index contributed by atoms with van der Waals surface area (Å²) in [6, 6.07) is 8.22. The fourth-order valence-corrected chi connectivity index (χ4v) is 3.16. The van der Waals surface area contributed by atoms with E-state index < -0.39 is 0 Å². The smallest absolute Gasteiger partial charge is 0.350 e. The van der Waals surface area contributed by atoms with Crippen LogP contribution in [-0.4, -0.2) is 36.9 Å². The zero-order chi connectivity index (χ0) is 18.2. The molecule has 25 heavy (non-hydrogen) atoms. The van der Waals surface area contributed by atoms with Crippen LogP contribution in [0.1, 0.15) is 41.7 Å². The predicted octanol–water partition coefficient (Wildman–Crippen LogP) is 3.92. The molecule has 1 aromatic carbocycles. The number of thiazole rings is 1. The number of carbonyl (C=O) groups excluding carboxylic acids is 1. The molecule has 2 rings (SSSR count). The maximum absolute atomic E-state index is 11.8. The largest absolute Gasteiger partial charge is 0.462 e. The third-order valence-electron chi connectivity index (χ3n) is 3.65. The van der Waals surface area contributed by atoms with Crippen molar-refractivity contribution < 1.29 is 9.53 Å². The van der Waals surface area contributed by atoms with Gasteiger partial charge in [0.05, 0.1) is 18.5 Å². The zero-order valence-corrected chi connectivity index (χ0v) is 15.9. The molecule has 0 aliphatic carbocycles. The van der Waals surface area contributed by atoms with Crippen molar-refractivity contribution in [2.75, 3.05) is 30.0 Å². The Morgan fingerprint density at radius 2 is 1.96 bits per heavy atom. The SMILES string of the molecule is CCOC(=O)c1sc(N/N=C/c2ccc(N(CC)CC)cc2)nc1C. The van der Waals surface area contributed by atoms with Crippen molar-refractivity contribution in [3.8, 4) is 0 Å². The molecule has 0 aliphatic rings. The van der Waals surface area contributed by atoms with Gasteiger partial charge in [-0.15, -0.1) is 0 Å². The molecule has 0 atom stereocenters. The minimum Gasteiger partial charge on any atom is -0.462 e. The normalized spacial score (nSPS) is 10.9. The molecule has 0 spiro atoms. The molecule has 1 aromatic heterocycles. The molecule has 7 heteroatoms. The molecule has 2 aromatic rings. The molecular formula is C18H24N4O2S. The first-order valence-electron chi connectivity index (χ1n) is 8.37. The van der Waals surface area contributed by atoms with E-state index in [-0.39, 0.29) is 5.97 Å². The monoisotopic (exact) mass is 360 g/mol. The van der Waals surface area contributed by atoms with Crippen LogP contribution in [0.2, 0.25) is 0 Å². The number of hydrogen-bond donors (Lipinski definition) is 1. The second kappa shape index (κ2) is 9.17.